The van der Waals surface area contributed by atoms with E-state index < -0.39 is 10.0 Å². The number of nitrogens with zero attached hydrogens (tertiary/aromatic N) is 3. The normalized spacial score (nSPS) is 11.7. The van der Waals surface area contributed by atoms with Crippen LogP contribution >= 0.6 is 15.9 Å². The van der Waals surface area contributed by atoms with Crippen molar-refractivity contribution < 1.29 is 8.42 Å². The molecule has 0 aliphatic heterocycles. The van der Waals surface area contributed by atoms with Crippen LogP contribution < -0.4 is 0 Å². The van der Waals surface area contributed by atoms with Crippen LogP contribution in [0.15, 0.2) is 52.4 Å². The molecule has 5 nitrogen and oxygen atoms in total. The largest absolute Gasteiger partial charge is 0.264 e. The molecular weight excluding hydrogens is 330 g/mol. The molecule has 0 N–H and O–H groups in total. The molecule has 7 heteroatoms. The van der Waals surface area contributed by atoms with Crippen LogP contribution in [0.25, 0.3) is 0 Å². The lowest BCUT2D eigenvalue weighted by Gasteiger charge is -2.16. The number of sulfonamides is 1. The number of halogens is 1. The van der Waals surface area contributed by atoms with E-state index in [0.29, 0.717) is 4.47 Å². The van der Waals surface area contributed by atoms with Crippen molar-refractivity contribution in [2.24, 2.45) is 0 Å². The summed E-state index contributed by atoms with van der Waals surface area (Å²) in [6.45, 7) is 0.267. The van der Waals surface area contributed by atoms with Gasteiger partial charge in [0.25, 0.3) is 0 Å². The minimum atomic E-state index is -3.55. The number of aromatic nitrogens is 2. The molecular formula is C12H12BrN3O2S. The molecule has 0 bridgehead atoms. The lowest BCUT2D eigenvalue weighted by Crippen LogP contribution is -2.26. The van der Waals surface area contributed by atoms with Crippen molar-refractivity contribution in [1.29, 1.82) is 0 Å². The maximum absolute atomic E-state index is 12.3. The summed E-state index contributed by atoms with van der Waals surface area (Å²) in [6.07, 6.45) is 6.17. The van der Waals surface area contributed by atoms with E-state index in [1.54, 1.807) is 24.7 Å². The topological polar surface area (TPSA) is 63.2 Å². The summed E-state index contributed by atoms with van der Waals surface area (Å²) in [5.41, 5.74) is 0.830. The number of pyridine rings is 2. The molecule has 0 spiro atoms. The van der Waals surface area contributed by atoms with E-state index in [9.17, 15) is 8.42 Å². The van der Waals surface area contributed by atoms with Crippen molar-refractivity contribution in [2.45, 2.75) is 11.4 Å². The Morgan fingerprint density at radius 3 is 2.68 bits per heavy atom. The van der Waals surface area contributed by atoms with Gasteiger partial charge in [-0.15, -0.1) is 0 Å². The predicted molar refractivity (Wildman–Crippen MR) is 74.8 cm³/mol. The van der Waals surface area contributed by atoms with E-state index in [-0.39, 0.29) is 11.4 Å². The van der Waals surface area contributed by atoms with Crippen molar-refractivity contribution in [3.63, 3.8) is 0 Å². The van der Waals surface area contributed by atoms with Crippen molar-refractivity contribution in [3.05, 3.63) is 53.0 Å². The Kier molecular flexibility index (Phi) is 4.28. The smallest absolute Gasteiger partial charge is 0.244 e. The molecule has 0 aromatic carbocycles. The lowest BCUT2D eigenvalue weighted by molar-refractivity contribution is 0.466. The van der Waals surface area contributed by atoms with Gasteiger partial charge in [-0.25, -0.2) is 8.42 Å². The highest BCUT2D eigenvalue weighted by Crippen LogP contribution is 2.19. The SMILES string of the molecule is CN(Cc1cccnc1)S(=O)(=O)c1cncc(Br)c1. The van der Waals surface area contributed by atoms with Gasteiger partial charge in [-0.1, -0.05) is 6.07 Å². The molecule has 0 aliphatic carbocycles. The third-order valence-electron chi connectivity index (χ3n) is 2.52. The van der Waals surface area contributed by atoms with E-state index >= 15 is 0 Å². The molecule has 0 atom stereocenters. The molecule has 0 radical (unpaired) electrons. The number of hydrogen-bond donors (Lipinski definition) is 0. The standard InChI is InChI=1S/C12H12BrN3O2S/c1-16(9-10-3-2-4-14-6-10)19(17,18)12-5-11(13)7-15-8-12/h2-8H,9H2,1H3. The highest BCUT2D eigenvalue weighted by Gasteiger charge is 2.21. The molecule has 2 aromatic rings. The lowest BCUT2D eigenvalue weighted by atomic mass is 10.3. The van der Waals surface area contributed by atoms with Crippen LogP contribution in [0, 0.1) is 0 Å². The molecule has 2 rings (SSSR count). The molecule has 0 saturated carbocycles. The molecule has 0 unspecified atom stereocenters. The zero-order valence-electron chi connectivity index (χ0n) is 10.2. The summed E-state index contributed by atoms with van der Waals surface area (Å²) < 4.78 is 26.6. The summed E-state index contributed by atoms with van der Waals surface area (Å²) in [6, 6.07) is 5.14. The zero-order chi connectivity index (χ0) is 13.9. The van der Waals surface area contributed by atoms with Crippen molar-refractivity contribution in [2.75, 3.05) is 7.05 Å². The summed E-state index contributed by atoms with van der Waals surface area (Å²) in [4.78, 5) is 8.00. The van der Waals surface area contributed by atoms with E-state index in [0.717, 1.165) is 5.56 Å². The van der Waals surface area contributed by atoms with Crippen molar-refractivity contribution in [3.8, 4) is 0 Å². The van der Waals surface area contributed by atoms with Crippen LogP contribution in [0.5, 0.6) is 0 Å². The van der Waals surface area contributed by atoms with Gasteiger partial charge >= 0.3 is 0 Å². The first kappa shape index (κ1) is 14.1. The van der Waals surface area contributed by atoms with Crippen LogP contribution in [-0.2, 0) is 16.6 Å². The predicted octanol–water partition coefficient (Wildman–Crippen LogP) is 2.06. The first-order chi connectivity index (χ1) is 9.00. The van der Waals surface area contributed by atoms with Crippen LogP contribution in [0.1, 0.15) is 5.56 Å². The molecule has 2 heterocycles. The monoisotopic (exact) mass is 341 g/mol. The second-order valence-corrected chi connectivity index (χ2v) is 6.92. The fraction of sp³-hybridized carbons (Fsp3) is 0.167. The van der Waals surface area contributed by atoms with Crippen LogP contribution in [0.2, 0.25) is 0 Å². The Bertz CT molecular complexity index is 662. The molecule has 0 fully saturated rings. The second-order valence-electron chi connectivity index (χ2n) is 3.96. The quantitative estimate of drug-likeness (QED) is 0.853. The molecule has 2 aromatic heterocycles. The molecule has 100 valence electrons. The van der Waals surface area contributed by atoms with Gasteiger partial charge < -0.3 is 0 Å². The number of rotatable bonds is 4. The average Bonchev–Trinajstić information content (AvgIpc) is 2.40. The maximum atomic E-state index is 12.3. The Labute approximate surface area is 120 Å². The Hall–Kier alpha value is -1.31. The van der Waals surface area contributed by atoms with Gasteiger partial charge in [0.2, 0.25) is 10.0 Å². The van der Waals surface area contributed by atoms with Crippen LogP contribution in [-0.4, -0.2) is 29.7 Å². The highest BCUT2D eigenvalue weighted by atomic mass is 79.9. The van der Waals surface area contributed by atoms with Crippen molar-refractivity contribution >= 4 is 26.0 Å². The zero-order valence-corrected chi connectivity index (χ0v) is 12.6. The van der Waals surface area contributed by atoms with Gasteiger partial charge in [-0.05, 0) is 33.6 Å². The van der Waals surface area contributed by atoms with Crippen molar-refractivity contribution in [1.82, 2.24) is 14.3 Å². The molecule has 0 amide bonds. The van der Waals surface area contributed by atoms with E-state index in [2.05, 4.69) is 25.9 Å². The van der Waals surface area contributed by atoms with E-state index in [1.807, 2.05) is 6.07 Å². The first-order valence-electron chi connectivity index (χ1n) is 5.46. The average molecular weight is 342 g/mol. The van der Waals surface area contributed by atoms with Gasteiger partial charge in [0.05, 0.1) is 0 Å². The minimum Gasteiger partial charge on any atom is -0.264 e. The van der Waals surface area contributed by atoms with E-state index in [4.69, 9.17) is 0 Å². The van der Waals surface area contributed by atoms with Gasteiger partial charge in [0, 0.05) is 42.9 Å². The maximum Gasteiger partial charge on any atom is 0.244 e. The van der Waals surface area contributed by atoms with Gasteiger partial charge in [-0.2, -0.15) is 4.31 Å². The first-order valence-corrected chi connectivity index (χ1v) is 7.69. The second kappa shape index (κ2) is 5.77. The molecule has 0 saturated heterocycles. The van der Waals surface area contributed by atoms with Crippen LogP contribution in [0.4, 0.5) is 0 Å². The Morgan fingerprint density at radius 1 is 1.26 bits per heavy atom. The summed E-state index contributed by atoms with van der Waals surface area (Å²) in [5.74, 6) is 0. The Balaban J connectivity index is 2.25. The summed E-state index contributed by atoms with van der Waals surface area (Å²) in [5, 5.41) is 0. The summed E-state index contributed by atoms with van der Waals surface area (Å²) >= 11 is 3.22. The highest BCUT2D eigenvalue weighted by molar-refractivity contribution is 9.10. The van der Waals surface area contributed by atoms with Gasteiger partial charge in [0.15, 0.2) is 0 Å². The summed E-state index contributed by atoms with van der Waals surface area (Å²) in [7, 11) is -2.02. The van der Waals surface area contributed by atoms with E-state index in [1.165, 1.54) is 23.6 Å². The Morgan fingerprint density at radius 2 is 2.05 bits per heavy atom. The number of hydrogen-bond acceptors (Lipinski definition) is 4. The van der Waals surface area contributed by atoms with Gasteiger partial charge in [-0.3, -0.25) is 9.97 Å². The fourth-order valence-corrected chi connectivity index (χ4v) is 3.21. The molecule has 19 heavy (non-hydrogen) atoms. The fourth-order valence-electron chi connectivity index (χ4n) is 1.55. The van der Waals surface area contributed by atoms with Gasteiger partial charge in [0.1, 0.15) is 4.90 Å². The minimum absolute atomic E-state index is 0.160. The van der Waals surface area contributed by atoms with Crippen LogP contribution in [0.3, 0.4) is 0 Å². The third-order valence-corrected chi connectivity index (χ3v) is 4.72. The third kappa shape index (κ3) is 3.37. The molecule has 0 aliphatic rings.